The molecule has 1 unspecified atom stereocenters. The van der Waals surface area contributed by atoms with Crippen molar-refractivity contribution >= 4 is 5.84 Å². The highest BCUT2D eigenvalue weighted by molar-refractivity contribution is 5.98. The Morgan fingerprint density at radius 2 is 2.26 bits per heavy atom. The zero-order valence-electron chi connectivity index (χ0n) is 11.5. The molecule has 1 rings (SSSR count). The van der Waals surface area contributed by atoms with Crippen LogP contribution < -0.4 is 10.5 Å². The third-order valence-corrected chi connectivity index (χ3v) is 2.85. The molecule has 0 saturated carbocycles. The zero-order valence-corrected chi connectivity index (χ0v) is 11.5. The smallest absolute Gasteiger partial charge is 0.244 e. The molecule has 0 aromatic carbocycles. The monoisotopic (exact) mass is 266 g/mol. The number of ether oxygens (including phenoxy) is 1. The average molecular weight is 266 g/mol. The van der Waals surface area contributed by atoms with Crippen LogP contribution in [-0.2, 0) is 0 Å². The van der Waals surface area contributed by atoms with Gasteiger partial charge in [0, 0.05) is 0 Å². The fourth-order valence-corrected chi connectivity index (χ4v) is 1.76. The largest absolute Gasteiger partial charge is 0.473 e. The van der Waals surface area contributed by atoms with Crippen LogP contribution in [0.5, 0.6) is 5.88 Å². The van der Waals surface area contributed by atoms with Crippen LogP contribution in [0.1, 0.15) is 51.5 Å². The van der Waals surface area contributed by atoms with E-state index in [2.05, 4.69) is 22.3 Å². The molecule has 0 aliphatic rings. The molecule has 0 fully saturated rings. The topological polar surface area (TPSA) is 93.6 Å². The van der Waals surface area contributed by atoms with E-state index in [-0.39, 0.29) is 11.9 Å². The molecule has 0 spiro atoms. The summed E-state index contributed by atoms with van der Waals surface area (Å²) in [4.78, 5) is 0. The molecule has 1 heterocycles. The van der Waals surface area contributed by atoms with E-state index in [1.165, 1.54) is 25.5 Å². The average Bonchev–Trinajstić information content (AvgIpc) is 2.43. The molecule has 0 amide bonds. The Kier molecular flexibility index (Phi) is 6.63. The van der Waals surface area contributed by atoms with E-state index in [4.69, 9.17) is 15.7 Å². The van der Waals surface area contributed by atoms with Gasteiger partial charge in [-0.3, -0.25) is 0 Å². The number of rotatable bonds is 8. The maximum atomic E-state index is 8.71. The first-order valence-electron chi connectivity index (χ1n) is 6.65. The number of hydrogen-bond donors (Lipinski definition) is 2. The molecule has 1 aromatic rings. The molecule has 1 aromatic heterocycles. The standard InChI is InChI=1S/C13H22N4O2/c1-3-4-5-6-7-10(2)19-13-11(12(14)17-18)8-9-15-16-13/h8-10,18H,3-7H2,1-2H3,(H2,14,17). The van der Waals surface area contributed by atoms with Gasteiger partial charge >= 0.3 is 0 Å². The minimum absolute atomic E-state index is 0.0249. The Labute approximate surface area is 113 Å². The third kappa shape index (κ3) is 5.11. The first kappa shape index (κ1) is 15.2. The Balaban J connectivity index is 2.56. The van der Waals surface area contributed by atoms with Crippen LogP contribution in [-0.4, -0.2) is 27.3 Å². The predicted octanol–water partition coefficient (Wildman–Crippen LogP) is 2.31. The van der Waals surface area contributed by atoms with Crippen LogP contribution in [0, 0.1) is 0 Å². The lowest BCUT2D eigenvalue weighted by molar-refractivity contribution is 0.195. The molecule has 0 saturated heterocycles. The van der Waals surface area contributed by atoms with E-state index >= 15 is 0 Å². The Hall–Kier alpha value is -1.85. The Morgan fingerprint density at radius 1 is 1.47 bits per heavy atom. The number of unbranched alkanes of at least 4 members (excludes halogenated alkanes) is 3. The van der Waals surface area contributed by atoms with E-state index < -0.39 is 0 Å². The van der Waals surface area contributed by atoms with Crippen molar-refractivity contribution in [1.82, 2.24) is 10.2 Å². The fraction of sp³-hybridized carbons (Fsp3) is 0.615. The lowest BCUT2D eigenvalue weighted by Gasteiger charge is -2.15. The number of oxime groups is 1. The van der Waals surface area contributed by atoms with Gasteiger partial charge in [0.25, 0.3) is 0 Å². The highest BCUT2D eigenvalue weighted by atomic mass is 16.5. The Bertz CT molecular complexity index is 409. The second-order valence-electron chi connectivity index (χ2n) is 4.51. The summed E-state index contributed by atoms with van der Waals surface area (Å²) in [5.74, 6) is 0.281. The van der Waals surface area contributed by atoms with Crippen LogP contribution >= 0.6 is 0 Å². The van der Waals surface area contributed by atoms with Crippen molar-refractivity contribution in [2.75, 3.05) is 0 Å². The van der Waals surface area contributed by atoms with E-state index in [9.17, 15) is 0 Å². The molecule has 0 aliphatic carbocycles. The molecular formula is C13H22N4O2. The van der Waals surface area contributed by atoms with Gasteiger partial charge < -0.3 is 15.7 Å². The molecular weight excluding hydrogens is 244 g/mol. The van der Waals surface area contributed by atoms with Crippen LogP contribution in [0.2, 0.25) is 0 Å². The molecule has 1 atom stereocenters. The van der Waals surface area contributed by atoms with Crippen LogP contribution in [0.25, 0.3) is 0 Å². The third-order valence-electron chi connectivity index (χ3n) is 2.85. The maximum Gasteiger partial charge on any atom is 0.244 e. The minimum atomic E-state index is -0.0249. The molecule has 3 N–H and O–H groups in total. The van der Waals surface area contributed by atoms with Gasteiger partial charge in [-0.05, 0) is 25.8 Å². The number of hydrogen-bond acceptors (Lipinski definition) is 5. The summed E-state index contributed by atoms with van der Waals surface area (Å²) >= 11 is 0. The Morgan fingerprint density at radius 3 is 2.95 bits per heavy atom. The fourth-order valence-electron chi connectivity index (χ4n) is 1.76. The van der Waals surface area contributed by atoms with E-state index in [1.54, 1.807) is 6.07 Å². The van der Waals surface area contributed by atoms with Crippen molar-refractivity contribution in [3.05, 3.63) is 17.8 Å². The van der Waals surface area contributed by atoms with Gasteiger partial charge in [0.1, 0.15) is 0 Å². The lowest BCUT2D eigenvalue weighted by Crippen LogP contribution is -2.19. The second kappa shape index (κ2) is 8.29. The summed E-state index contributed by atoms with van der Waals surface area (Å²) in [6, 6.07) is 1.61. The van der Waals surface area contributed by atoms with Crippen LogP contribution in [0.15, 0.2) is 17.4 Å². The lowest BCUT2D eigenvalue weighted by atomic mass is 10.1. The van der Waals surface area contributed by atoms with Crippen LogP contribution in [0.3, 0.4) is 0 Å². The van der Waals surface area contributed by atoms with Crippen molar-refractivity contribution in [2.45, 2.75) is 52.1 Å². The summed E-state index contributed by atoms with van der Waals surface area (Å²) in [7, 11) is 0. The first-order valence-corrected chi connectivity index (χ1v) is 6.65. The van der Waals surface area contributed by atoms with Crippen LogP contribution in [0.4, 0.5) is 0 Å². The van der Waals surface area contributed by atoms with Gasteiger partial charge in [0.15, 0.2) is 5.84 Å². The number of amidine groups is 1. The molecule has 6 heteroatoms. The van der Waals surface area contributed by atoms with Crippen molar-refractivity contribution in [3.63, 3.8) is 0 Å². The first-order chi connectivity index (χ1) is 9.19. The number of nitrogens with zero attached hydrogens (tertiary/aromatic N) is 3. The summed E-state index contributed by atoms with van der Waals surface area (Å²) in [6.07, 6.45) is 7.24. The van der Waals surface area contributed by atoms with Gasteiger partial charge in [-0.2, -0.15) is 5.10 Å². The van der Waals surface area contributed by atoms with Crippen molar-refractivity contribution in [2.24, 2.45) is 10.9 Å². The molecule has 0 radical (unpaired) electrons. The van der Waals surface area contributed by atoms with Gasteiger partial charge in [-0.25, -0.2) is 0 Å². The number of aromatic nitrogens is 2. The van der Waals surface area contributed by atoms with Gasteiger partial charge in [0.05, 0.1) is 17.9 Å². The quantitative estimate of drug-likeness (QED) is 0.247. The molecule has 106 valence electrons. The highest BCUT2D eigenvalue weighted by Crippen LogP contribution is 2.17. The number of nitrogens with two attached hydrogens (primary N) is 1. The zero-order chi connectivity index (χ0) is 14.1. The normalized spacial score (nSPS) is 13.3. The minimum Gasteiger partial charge on any atom is -0.473 e. The summed E-state index contributed by atoms with van der Waals surface area (Å²) < 4.78 is 5.70. The van der Waals surface area contributed by atoms with E-state index in [1.807, 2.05) is 6.92 Å². The van der Waals surface area contributed by atoms with Crippen molar-refractivity contribution in [1.29, 1.82) is 0 Å². The molecule has 6 nitrogen and oxygen atoms in total. The van der Waals surface area contributed by atoms with Gasteiger partial charge in [0.2, 0.25) is 5.88 Å². The molecule has 0 bridgehead atoms. The van der Waals surface area contributed by atoms with Crippen molar-refractivity contribution < 1.29 is 9.94 Å². The van der Waals surface area contributed by atoms with Gasteiger partial charge in [-0.15, -0.1) is 5.10 Å². The van der Waals surface area contributed by atoms with E-state index in [0.29, 0.717) is 11.4 Å². The van der Waals surface area contributed by atoms with E-state index in [0.717, 1.165) is 12.8 Å². The van der Waals surface area contributed by atoms with Gasteiger partial charge in [-0.1, -0.05) is 31.3 Å². The maximum absolute atomic E-state index is 8.71. The van der Waals surface area contributed by atoms with Crippen molar-refractivity contribution in [3.8, 4) is 5.88 Å². The second-order valence-corrected chi connectivity index (χ2v) is 4.51. The molecule has 19 heavy (non-hydrogen) atoms. The summed E-state index contributed by atoms with van der Waals surface area (Å²) in [5.41, 5.74) is 6.02. The highest BCUT2D eigenvalue weighted by Gasteiger charge is 2.13. The summed E-state index contributed by atoms with van der Waals surface area (Å²) in [6.45, 7) is 4.17. The SMILES string of the molecule is CCCCCCC(C)Oc1nnccc1/C(N)=N/O. The predicted molar refractivity (Wildman–Crippen MR) is 73.4 cm³/mol. The summed E-state index contributed by atoms with van der Waals surface area (Å²) in [5, 5.41) is 19.3. The molecule has 0 aliphatic heterocycles.